The van der Waals surface area contributed by atoms with Crippen molar-refractivity contribution < 1.29 is 9.34 Å². The molecular formula is C9H12BrNO3. The van der Waals surface area contributed by atoms with Crippen LogP contribution in [-0.4, -0.2) is 10.3 Å². The van der Waals surface area contributed by atoms with Crippen molar-refractivity contribution in [2.24, 2.45) is 5.41 Å². The van der Waals surface area contributed by atoms with E-state index < -0.39 is 4.92 Å². The fourth-order valence-electron chi connectivity index (χ4n) is 1.08. The number of hydrogen-bond acceptors (Lipinski definition) is 3. The van der Waals surface area contributed by atoms with Crippen molar-refractivity contribution in [3.8, 4) is 0 Å². The third-order valence-corrected chi connectivity index (χ3v) is 3.36. The van der Waals surface area contributed by atoms with Crippen LogP contribution in [0.2, 0.25) is 0 Å². The van der Waals surface area contributed by atoms with Gasteiger partial charge in [0, 0.05) is 11.8 Å². The maximum absolute atomic E-state index is 10.4. The van der Waals surface area contributed by atoms with E-state index in [4.69, 9.17) is 4.42 Å². The number of nitrogens with zero attached hydrogens (tertiary/aromatic N) is 1. The van der Waals surface area contributed by atoms with E-state index in [1.165, 1.54) is 6.07 Å². The van der Waals surface area contributed by atoms with Crippen LogP contribution in [0.5, 0.6) is 0 Å². The lowest BCUT2D eigenvalue weighted by Crippen LogP contribution is -2.15. The van der Waals surface area contributed by atoms with Gasteiger partial charge in [-0.3, -0.25) is 10.1 Å². The van der Waals surface area contributed by atoms with Gasteiger partial charge in [-0.05, 0) is 11.5 Å². The first kappa shape index (κ1) is 11.2. The summed E-state index contributed by atoms with van der Waals surface area (Å²) >= 11 is 3.39. The summed E-state index contributed by atoms with van der Waals surface area (Å²) in [5.74, 6) is 0.464. The molecule has 0 aromatic carbocycles. The van der Waals surface area contributed by atoms with Crippen molar-refractivity contribution in [2.75, 3.05) is 5.33 Å². The summed E-state index contributed by atoms with van der Waals surface area (Å²) in [6.45, 7) is 4.13. The highest BCUT2D eigenvalue weighted by atomic mass is 79.9. The highest BCUT2D eigenvalue weighted by Crippen LogP contribution is 2.26. The number of alkyl halides is 1. The van der Waals surface area contributed by atoms with Gasteiger partial charge in [-0.25, -0.2) is 0 Å². The molecule has 0 aliphatic heterocycles. The van der Waals surface area contributed by atoms with Crippen LogP contribution in [0.25, 0.3) is 0 Å². The smallest absolute Gasteiger partial charge is 0.406 e. The van der Waals surface area contributed by atoms with Crippen LogP contribution in [0.4, 0.5) is 5.88 Å². The summed E-state index contributed by atoms with van der Waals surface area (Å²) in [6.07, 6.45) is 0.687. The molecule has 5 heteroatoms. The van der Waals surface area contributed by atoms with Gasteiger partial charge in [-0.1, -0.05) is 29.8 Å². The van der Waals surface area contributed by atoms with Crippen molar-refractivity contribution in [2.45, 2.75) is 20.3 Å². The second kappa shape index (κ2) is 4.13. The predicted octanol–water partition coefficient (Wildman–Crippen LogP) is 3.15. The lowest BCUT2D eigenvalue weighted by atomic mass is 9.91. The average Bonchev–Trinajstić information content (AvgIpc) is 2.52. The van der Waals surface area contributed by atoms with Gasteiger partial charge >= 0.3 is 5.88 Å². The molecule has 1 heterocycles. The van der Waals surface area contributed by atoms with Crippen LogP contribution in [0.1, 0.15) is 19.6 Å². The van der Waals surface area contributed by atoms with Crippen molar-refractivity contribution in [1.29, 1.82) is 0 Å². The predicted molar refractivity (Wildman–Crippen MR) is 56.6 cm³/mol. The minimum atomic E-state index is -0.523. The van der Waals surface area contributed by atoms with Crippen molar-refractivity contribution in [3.63, 3.8) is 0 Å². The molecular weight excluding hydrogens is 250 g/mol. The minimum Gasteiger partial charge on any atom is -0.406 e. The topological polar surface area (TPSA) is 56.3 Å². The van der Waals surface area contributed by atoms with Crippen molar-refractivity contribution >= 4 is 21.8 Å². The molecule has 4 nitrogen and oxygen atoms in total. The number of halogens is 1. The summed E-state index contributed by atoms with van der Waals surface area (Å²) in [5, 5.41) is 11.2. The first-order valence-electron chi connectivity index (χ1n) is 4.24. The molecule has 0 spiro atoms. The Labute approximate surface area is 90.6 Å². The third-order valence-electron chi connectivity index (χ3n) is 1.84. The molecule has 0 aliphatic rings. The van der Waals surface area contributed by atoms with Gasteiger partial charge < -0.3 is 4.42 Å². The Morgan fingerprint density at radius 1 is 1.57 bits per heavy atom. The lowest BCUT2D eigenvalue weighted by Gasteiger charge is -2.19. The van der Waals surface area contributed by atoms with E-state index in [-0.39, 0.29) is 11.3 Å². The maximum atomic E-state index is 10.4. The van der Waals surface area contributed by atoms with Crippen LogP contribution < -0.4 is 0 Å². The summed E-state index contributed by atoms with van der Waals surface area (Å²) in [5.41, 5.74) is 0.0473. The monoisotopic (exact) mass is 261 g/mol. The summed E-state index contributed by atoms with van der Waals surface area (Å²) in [7, 11) is 0. The van der Waals surface area contributed by atoms with Crippen LogP contribution in [-0.2, 0) is 6.42 Å². The first-order chi connectivity index (χ1) is 6.44. The van der Waals surface area contributed by atoms with E-state index in [0.29, 0.717) is 12.2 Å². The van der Waals surface area contributed by atoms with Crippen LogP contribution in [0.3, 0.4) is 0 Å². The zero-order chi connectivity index (χ0) is 10.8. The molecule has 1 aromatic rings. The number of rotatable bonds is 4. The Hall–Kier alpha value is -0.840. The Balaban J connectivity index is 2.73. The number of nitro groups is 1. The van der Waals surface area contributed by atoms with E-state index in [2.05, 4.69) is 29.8 Å². The fraction of sp³-hybridized carbons (Fsp3) is 0.556. The maximum Gasteiger partial charge on any atom is 0.433 e. The largest absolute Gasteiger partial charge is 0.433 e. The van der Waals surface area contributed by atoms with Crippen molar-refractivity contribution in [3.05, 3.63) is 28.0 Å². The Morgan fingerprint density at radius 3 is 2.64 bits per heavy atom. The van der Waals surface area contributed by atoms with Gasteiger partial charge in [0.2, 0.25) is 0 Å². The summed E-state index contributed by atoms with van der Waals surface area (Å²) in [6, 6.07) is 3.04. The second-order valence-electron chi connectivity index (χ2n) is 3.97. The summed E-state index contributed by atoms with van der Waals surface area (Å²) in [4.78, 5) is 9.83. The molecule has 0 atom stereocenters. The van der Waals surface area contributed by atoms with Gasteiger partial charge in [-0.15, -0.1) is 0 Å². The standard InChI is InChI=1S/C9H12BrNO3/c1-9(2,6-10)5-7-3-4-8(14-7)11(12)13/h3-4H,5-6H2,1-2H3. The number of furan rings is 1. The van der Waals surface area contributed by atoms with Gasteiger partial charge in [0.15, 0.2) is 0 Å². The molecule has 1 aromatic heterocycles. The molecule has 14 heavy (non-hydrogen) atoms. The first-order valence-corrected chi connectivity index (χ1v) is 5.36. The number of hydrogen-bond donors (Lipinski definition) is 0. The van der Waals surface area contributed by atoms with Crippen LogP contribution >= 0.6 is 15.9 Å². The SMILES string of the molecule is CC(C)(CBr)Cc1ccc([N+](=O)[O-])o1. The molecule has 0 radical (unpaired) electrons. The molecule has 1 rings (SSSR count). The Morgan fingerprint density at radius 2 is 2.21 bits per heavy atom. The summed E-state index contributed by atoms with van der Waals surface area (Å²) < 4.78 is 5.06. The third kappa shape index (κ3) is 2.83. The Kier molecular flexibility index (Phi) is 3.31. The quantitative estimate of drug-likeness (QED) is 0.475. The van der Waals surface area contributed by atoms with Crippen molar-refractivity contribution in [1.82, 2.24) is 0 Å². The van der Waals surface area contributed by atoms with Gasteiger partial charge in [0.1, 0.15) is 10.7 Å². The molecule has 0 fully saturated rings. The zero-order valence-corrected chi connectivity index (χ0v) is 9.70. The molecule has 0 aliphatic carbocycles. The molecule has 78 valence electrons. The average molecular weight is 262 g/mol. The minimum absolute atomic E-state index is 0.0473. The highest BCUT2D eigenvalue weighted by molar-refractivity contribution is 9.09. The second-order valence-corrected chi connectivity index (χ2v) is 4.53. The van der Waals surface area contributed by atoms with E-state index in [9.17, 15) is 10.1 Å². The molecule has 0 saturated heterocycles. The molecule has 0 amide bonds. The van der Waals surface area contributed by atoms with Crippen LogP contribution in [0.15, 0.2) is 16.5 Å². The van der Waals surface area contributed by atoms with Gasteiger partial charge in [0.25, 0.3) is 0 Å². The Bertz CT molecular complexity index is 333. The van der Waals surface area contributed by atoms with Gasteiger partial charge in [-0.2, -0.15) is 0 Å². The highest BCUT2D eigenvalue weighted by Gasteiger charge is 2.20. The zero-order valence-electron chi connectivity index (χ0n) is 8.12. The normalized spacial score (nSPS) is 11.6. The molecule has 0 bridgehead atoms. The van der Waals surface area contributed by atoms with E-state index in [1.807, 2.05) is 0 Å². The van der Waals surface area contributed by atoms with Crippen LogP contribution in [0, 0.1) is 15.5 Å². The van der Waals surface area contributed by atoms with E-state index in [0.717, 1.165) is 5.33 Å². The van der Waals surface area contributed by atoms with Gasteiger partial charge in [0.05, 0.1) is 6.07 Å². The van der Waals surface area contributed by atoms with E-state index in [1.54, 1.807) is 6.07 Å². The fourth-order valence-corrected chi connectivity index (χ4v) is 1.28. The molecule has 0 saturated carbocycles. The van der Waals surface area contributed by atoms with E-state index >= 15 is 0 Å². The molecule has 0 N–H and O–H groups in total. The lowest BCUT2D eigenvalue weighted by molar-refractivity contribution is -0.402. The molecule has 0 unspecified atom stereocenters.